The number of nitrogens with two attached hydrogens (primary N) is 1. The third-order valence-electron chi connectivity index (χ3n) is 1.96. The Morgan fingerprint density at radius 3 is 2.29 bits per heavy atom. The molecule has 1 aromatic rings. The molecule has 0 fully saturated rings. The Kier molecular flexibility index (Phi) is 7.20. The van der Waals surface area contributed by atoms with E-state index in [1.165, 1.54) is 11.1 Å². The number of hydrogen-bond acceptors (Lipinski definition) is 1. The zero-order valence-corrected chi connectivity index (χ0v) is 11.2. The van der Waals surface area contributed by atoms with Gasteiger partial charge >= 0.3 is 29.6 Å². The molecule has 2 heteroatoms. The van der Waals surface area contributed by atoms with Crippen LogP contribution in [-0.4, -0.2) is 6.04 Å². The van der Waals surface area contributed by atoms with Gasteiger partial charge in [0.1, 0.15) is 0 Å². The average molecular weight is 199 g/mol. The first-order chi connectivity index (χ1) is 6.22. The molecule has 0 aromatic heterocycles. The smallest absolute Gasteiger partial charge is 1.00 e. The molecule has 1 unspecified atom stereocenters. The molecule has 2 N–H and O–H groups in total. The van der Waals surface area contributed by atoms with Crippen molar-refractivity contribution in [1.82, 2.24) is 0 Å². The van der Waals surface area contributed by atoms with Gasteiger partial charge in [-0.25, -0.2) is 0 Å². The SMILES string of the molecule is C=CCc1ccc(CC(C)N)cc1.[H-].[Na+]. The molecule has 1 aromatic carbocycles. The first-order valence-corrected chi connectivity index (χ1v) is 4.66. The summed E-state index contributed by atoms with van der Waals surface area (Å²) in [5.41, 5.74) is 8.32. The predicted molar refractivity (Wildman–Crippen MR) is 58.8 cm³/mol. The largest absolute Gasteiger partial charge is 1.00 e. The maximum atomic E-state index is 5.70. The van der Waals surface area contributed by atoms with Gasteiger partial charge in [0.2, 0.25) is 0 Å². The second-order valence-electron chi connectivity index (χ2n) is 3.49. The number of hydrogen-bond donors (Lipinski definition) is 1. The molecule has 0 radical (unpaired) electrons. The summed E-state index contributed by atoms with van der Waals surface area (Å²) in [4.78, 5) is 0. The summed E-state index contributed by atoms with van der Waals surface area (Å²) in [6, 6.07) is 8.80. The molecule has 1 nitrogen and oxygen atoms in total. The minimum Gasteiger partial charge on any atom is -1.00 e. The third-order valence-corrected chi connectivity index (χ3v) is 1.96. The van der Waals surface area contributed by atoms with E-state index in [0.717, 1.165) is 12.8 Å². The Balaban J connectivity index is 0. The monoisotopic (exact) mass is 199 g/mol. The van der Waals surface area contributed by atoms with Crippen LogP contribution in [-0.2, 0) is 12.8 Å². The van der Waals surface area contributed by atoms with Crippen LogP contribution in [0.4, 0.5) is 0 Å². The zero-order valence-electron chi connectivity index (χ0n) is 10.2. The Hall–Kier alpha value is -0.0800. The van der Waals surface area contributed by atoms with Gasteiger partial charge in [0.05, 0.1) is 0 Å². The molecule has 0 spiro atoms. The molecule has 0 bridgehead atoms. The molecule has 0 aliphatic rings. The summed E-state index contributed by atoms with van der Waals surface area (Å²) < 4.78 is 0. The maximum Gasteiger partial charge on any atom is 1.00 e. The van der Waals surface area contributed by atoms with E-state index in [2.05, 4.69) is 30.8 Å². The van der Waals surface area contributed by atoms with Gasteiger partial charge in [-0.05, 0) is 30.9 Å². The minimum atomic E-state index is 0. The molecule has 14 heavy (non-hydrogen) atoms. The fourth-order valence-electron chi connectivity index (χ4n) is 1.35. The number of rotatable bonds is 4. The van der Waals surface area contributed by atoms with E-state index in [9.17, 15) is 0 Å². The van der Waals surface area contributed by atoms with E-state index in [1.807, 2.05) is 13.0 Å². The van der Waals surface area contributed by atoms with Crippen LogP contribution in [0.25, 0.3) is 0 Å². The van der Waals surface area contributed by atoms with Crippen molar-refractivity contribution < 1.29 is 31.0 Å². The Bertz CT molecular complexity index is 269. The Morgan fingerprint density at radius 2 is 1.86 bits per heavy atom. The van der Waals surface area contributed by atoms with Gasteiger partial charge in [0.15, 0.2) is 0 Å². The van der Waals surface area contributed by atoms with Crippen molar-refractivity contribution in [2.75, 3.05) is 0 Å². The van der Waals surface area contributed by atoms with Crippen LogP contribution in [0.3, 0.4) is 0 Å². The van der Waals surface area contributed by atoms with Crippen LogP contribution in [0.15, 0.2) is 36.9 Å². The topological polar surface area (TPSA) is 26.0 Å². The molecular weight excluding hydrogens is 181 g/mol. The van der Waals surface area contributed by atoms with E-state index in [4.69, 9.17) is 5.73 Å². The summed E-state index contributed by atoms with van der Waals surface area (Å²) in [6.45, 7) is 5.73. The quantitative estimate of drug-likeness (QED) is 0.509. The van der Waals surface area contributed by atoms with Gasteiger partial charge in [-0.3, -0.25) is 0 Å². The molecule has 0 aliphatic heterocycles. The van der Waals surface area contributed by atoms with E-state index in [0.29, 0.717) is 0 Å². The van der Waals surface area contributed by atoms with Crippen molar-refractivity contribution in [2.45, 2.75) is 25.8 Å². The van der Waals surface area contributed by atoms with Gasteiger partial charge in [-0.2, -0.15) is 0 Å². The Morgan fingerprint density at radius 1 is 1.36 bits per heavy atom. The van der Waals surface area contributed by atoms with Crippen LogP contribution in [0.1, 0.15) is 19.5 Å². The van der Waals surface area contributed by atoms with Crippen molar-refractivity contribution in [3.8, 4) is 0 Å². The molecule has 0 aliphatic carbocycles. The van der Waals surface area contributed by atoms with Crippen LogP contribution in [0.5, 0.6) is 0 Å². The zero-order chi connectivity index (χ0) is 9.68. The molecular formula is C12H18NNa. The average Bonchev–Trinajstić information content (AvgIpc) is 2.08. The molecule has 0 amide bonds. The number of benzene rings is 1. The van der Waals surface area contributed by atoms with Gasteiger partial charge in [0.25, 0.3) is 0 Å². The summed E-state index contributed by atoms with van der Waals surface area (Å²) >= 11 is 0. The summed E-state index contributed by atoms with van der Waals surface area (Å²) in [7, 11) is 0. The molecule has 1 atom stereocenters. The summed E-state index contributed by atoms with van der Waals surface area (Å²) in [6.07, 6.45) is 3.81. The standard InChI is InChI=1S/C12H17N.Na.H/c1-3-4-11-5-7-12(8-6-11)9-10(2)13;;/h3,5-8,10H,1,4,9,13H2,2H3;;/q;+1;-1. The fourth-order valence-corrected chi connectivity index (χ4v) is 1.35. The van der Waals surface area contributed by atoms with E-state index < -0.39 is 0 Å². The fraction of sp³-hybridized carbons (Fsp3) is 0.333. The molecule has 0 saturated carbocycles. The summed E-state index contributed by atoms with van der Waals surface area (Å²) in [5.74, 6) is 0. The first kappa shape index (κ1) is 13.9. The second-order valence-corrected chi connectivity index (χ2v) is 3.49. The predicted octanol–water partition coefficient (Wildman–Crippen LogP) is -0.579. The van der Waals surface area contributed by atoms with Crippen LogP contribution in [0, 0.1) is 0 Å². The van der Waals surface area contributed by atoms with Gasteiger partial charge < -0.3 is 7.16 Å². The van der Waals surface area contributed by atoms with Crippen LogP contribution in [0.2, 0.25) is 0 Å². The molecule has 1 rings (SSSR count). The van der Waals surface area contributed by atoms with E-state index >= 15 is 0 Å². The molecule has 0 saturated heterocycles. The number of allylic oxidation sites excluding steroid dienone is 1. The molecule has 0 heterocycles. The third kappa shape index (κ3) is 4.97. The summed E-state index contributed by atoms with van der Waals surface area (Å²) in [5, 5.41) is 0. The van der Waals surface area contributed by atoms with Crippen molar-refractivity contribution in [3.05, 3.63) is 48.0 Å². The van der Waals surface area contributed by atoms with Crippen LogP contribution < -0.4 is 35.3 Å². The Labute approximate surface area is 110 Å². The van der Waals surface area contributed by atoms with E-state index in [1.54, 1.807) is 0 Å². The second kappa shape index (κ2) is 7.24. The van der Waals surface area contributed by atoms with Gasteiger partial charge in [0, 0.05) is 6.04 Å². The van der Waals surface area contributed by atoms with Gasteiger partial charge in [-0.15, -0.1) is 6.58 Å². The van der Waals surface area contributed by atoms with E-state index in [-0.39, 0.29) is 37.0 Å². The van der Waals surface area contributed by atoms with Gasteiger partial charge in [-0.1, -0.05) is 30.3 Å². The minimum absolute atomic E-state index is 0. The van der Waals surface area contributed by atoms with Crippen molar-refractivity contribution >= 4 is 0 Å². The van der Waals surface area contributed by atoms with Crippen molar-refractivity contribution in [3.63, 3.8) is 0 Å². The molecule has 72 valence electrons. The van der Waals surface area contributed by atoms with Crippen molar-refractivity contribution in [1.29, 1.82) is 0 Å². The first-order valence-electron chi connectivity index (χ1n) is 4.66. The van der Waals surface area contributed by atoms with Crippen molar-refractivity contribution in [2.24, 2.45) is 5.73 Å². The normalized spacial score (nSPS) is 11.6. The van der Waals surface area contributed by atoms with Crippen LogP contribution >= 0.6 is 0 Å². The maximum absolute atomic E-state index is 5.70.